The molecule has 1 aromatic carbocycles. The van der Waals surface area contributed by atoms with Gasteiger partial charge in [-0.15, -0.1) is 0 Å². The van der Waals surface area contributed by atoms with E-state index in [-0.39, 0.29) is 11.9 Å². The van der Waals surface area contributed by atoms with Gasteiger partial charge >= 0.3 is 0 Å². The first-order valence-corrected chi connectivity index (χ1v) is 6.34. The molecule has 0 heterocycles. The van der Waals surface area contributed by atoms with Crippen LogP contribution in [0, 0.1) is 5.82 Å². The fourth-order valence-corrected chi connectivity index (χ4v) is 1.60. The van der Waals surface area contributed by atoms with Crippen LogP contribution in [0.4, 0.5) is 4.39 Å². The molecule has 2 nitrogen and oxygen atoms in total. The Morgan fingerprint density at radius 2 is 2.12 bits per heavy atom. The summed E-state index contributed by atoms with van der Waals surface area (Å²) < 4.78 is 18.8. The first-order valence-electron chi connectivity index (χ1n) is 6.34. The predicted molar refractivity (Wildman–Crippen MR) is 68.8 cm³/mol. The highest BCUT2D eigenvalue weighted by atomic mass is 19.1. The third-order valence-corrected chi connectivity index (χ3v) is 2.78. The van der Waals surface area contributed by atoms with Crippen LogP contribution in [-0.4, -0.2) is 12.6 Å². The molecule has 0 radical (unpaired) electrons. The molecular formula is C14H22FNO. The molecule has 0 saturated carbocycles. The van der Waals surface area contributed by atoms with Crippen LogP contribution in [0.5, 0.6) is 5.75 Å². The summed E-state index contributed by atoms with van der Waals surface area (Å²) in [5.41, 5.74) is 6.77. The number of hydrogen-bond donors (Lipinski definition) is 1. The molecule has 96 valence electrons. The summed E-state index contributed by atoms with van der Waals surface area (Å²) in [6, 6.07) is 4.72. The van der Waals surface area contributed by atoms with E-state index in [4.69, 9.17) is 10.5 Å². The lowest BCUT2D eigenvalue weighted by atomic mass is 10.0. The molecule has 2 N–H and O–H groups in total. The van der Waals surface area contributed by atoms with Crippen LogP contribution >= 0.6 is 0 Å². The molecule has 0 aromatic heterocycles. The van der Waals surface area contributed by atoms with E-state index in [2.05, 4.69) is 6.92 Å². The summed E-state index contributed by atoms with van der Waals surface area (Å²) in [7, 11) is 0. The Bertz CT molecular complexity index is 341. The van der Waals surface area contributed by atoms with Crippen molar-refractivity contribution in [3.63, 3.8) is 0 Å². The minimum absolute atomic E-state index is 0.0605. The van der Waals surface area contributed by atoms with Gasteiger partial charge in [0.2, 0.25) is 0 Å². The topological polar surface area (TPSA) is 35.2 Å². The molecule has 1 unspecified atom stereocenters. The minimum Gasteiger partial charge on any atom is -0.493 e. The largest absolute Gasteiger partial charge is 0.493 e. The van der Waals surface area contributed by atoms with Gasteiger partial charge in [-0.1, -0.05) is 20.3 Å². The molecule has 0 saturated heterocycles. The third-order valence-electron chi connectivity index (χ3n) is 2.78. The first-order chi connectivity index (χ1) is 8.17. The van der Waals surface area contributed by atoms with Gasteiger partial charge in [0.1, 0.15) is 11.6 Å². The average Bonchev–Trinajstić information content (AvgIpc) is 2.32. The van der Waals surface area contributed by atoms with E-state index in [9.17, 15) is 4.39 Å². The van der Waals surface area contributed by atoms with Gasteiger partial charge in [0.15, 0.2) is 0 Å². The molecule has 1 rings (SSSR count). The number of unbranched alkanes of at least 4 members (excludes halogenated alkanes) is 1. The van der Waals surface area contributed by atoms with E-state index in [0.29, 0.717) is 13.0 Å². The predicted octanol–water partition coefficient (Wildman–Crippen LogP) is 3.28. The van der Waals surface area contributed by atoms with Crippen molar-refractivity contribution in [3.8, 4) is 5.75 Å². The zero-order valence-electron chi connectivity index (χ0n) is 10.7. The Balaban J connectivity index is 2.72. The quantitative estimate of drug-likeness (QED) is 0.741. The maximum atomic E-state index is 13.2. The fraction of sp³-hybridized carbons (Fsp3) is 0.571. The molecule has 0 aliphatic carbocycles. The average molecular weight is 239 g/mol. The molecule has 0 amide bonds. The van der Waals surface area contributed by atoms with Crippen LogP contribution in [0.3, 0.4) is 0 Å². The van der Waals surface area contributed by atoms with Gasteiger partial charge in [0.05, 0.1) is 6.61 Å². The van der Waals surface area contributed by atoms with Crippen molar-refractivity contribution >= 4 is 0 Å². The molecule has 0 fully saturated rings. The maximum absolute atomic E-state index is 13.2. The third kappa shape index (κ3) is 4.73. The molecule has 3 heteroatoms. The maximum Gasteiger partial charge on any atom is 0.123 e. The molecule has 17 heavy (non-hydrogen) atoms. The molecule has 0 aliphatic heterocycles. The van der Waals surface area contributed by atoms with Crippen molar-refractivity contribution in [2.75, 3.05) is 6.61 Å². The summed E-state index contributed by atoms with van der Waals surface area (Å²) in [6.07, 6.45) is 3.64. The van der Waals surface area contributed by atoms with Crippen LogP contribution in [0.2, 0.25) is 0 Å². The lowest BCUT2D eigenvalue weighted by molar-refractivity contribution is 0.305. The van der Waals surface area contributed by atoms with Gasteiger partial charge in [-0.3, -0.25) is 0 Å². The second-order valence-electron chi connectivity index (χ2n) is 4.33. The smallest absolute Gasteiger partial charge is 0.123 e. The lowest BCUT2D eigenvalue weighted by Gasteiger charge is -2.14. The number of benzene rings is 1. The highest BCUT2D eigenvalue weighted by molar-refractivity contribution is 5.34. The van der Waals surface area contributed by atoms with E-state index >= 15 is 0 Å². The zero-order chi connectivity index (χ0) is 12.7. The normalized spacial score (nSPS) is 12.5. The Labute approximate surface area is 103 Å². The summed E-state index contributed by atoms with van der Waals surface area (Å²) in [5.74, 6) is 0.537. The number of halogens is 1. The van der Waals surface area contributed by atoms with E-state index in [0.717, 1.165) is 30.6 Å². The highest BCUT2D eigenvalue weighted by Crippen LogP contribution is 2.21. The van der Waals surface area contributed by atoms with Gasteiger partial charge in [0.25, 0.3) is 0 Å². The summed E-state index contributed by atoms with van der Waals surface area (Å²) in [4.78, 5) is 0. The second-order valence-corrected chi connectivity index (χ2v) is 4.33. The van der Waals surface area contributed by atoms with E-state index in [1.165, 1.54) is 12.1 Å². The Kier molecular flexibility index (Phi) is 5.98. The minimum atomic E-state index is -0.230. The molecule has 1 aromatic rings. The Morgan fingerprint density at radius 1 is 1.35 bits per heavy atom. The molecular weight excluding hydrogens is 217 g/mol. The lowest BCUT2D eigenvalue weighted by Crippen LogP contribution is -2.21. The van der Waals surface area contributed by atoms with Crippen LogP contribution in [0.1, 0.15) is 38.7 Å². The van der Waals surface area contributed by atoms with Gasteiger partial charge < -0.3 is 10.5 Å². The SMILES string of the molecule is CCCCOc1ccc(F)cc1CC(N)CC. The summed E-state index contributed by atoms with van der Waals surface area (Å²) >= 11 is 0. The van der Waals surface area contributed by atoms with Crippen LogP contribution in [-0.2, 0) is 6.42 Å². The fourth-order valence-electron chi connectivity index (χ4n) is 1.60. The summed E-state index contributed by atoms with van der Waals surface area (Å²) in [6.45, 7) is 4.82. The van der Waals surface area contributed by atoms with Crippen molar-refractivity contribution < 1.29 is 9.13 Å². The van der Waals surface area contributed by atoms with Crippen molar-refractivity contribution in [2.45, 2.75) is 45.6 Å². The molecule has 0 bridgehead atoms. The van der Waals surface area contributed by atoms with Crippen molar-refractivity contribution in [3.05, 3.63) is 29.6 Å². The molecule has 1 atom stereocenters. The standard InChI is InChI=1S/C14H22FNO/c1-3-5-8-17-14-7-6-12(15)9-11(14)10-13(16)4-2/h6-7,9,13H,3-5,8,10,16H2,1-2H3. The van der Waals surface area contributed by atoms with E-state index < -0.39 is 0 Å². The Morgan fingerprint density at radius 3 is 2.76 bits per heavy atom. The van der Waals surface area contributed by atoms with Gasteiger partial charge in [0, 0.05) is 6.04 Å². The zero-order valence-corrected chi connectivity index (χ0v) is 10.7. The van der Waals surface area contributed by atoms with Crippen molar-refractivity contribution in [1.29, 1.82) is 0 Å². The Hall–Kier alpha value is -1.09. The molecule has 0 spiro atoms. The summed E-state index contributed by atoms with van der Waals surface area (Å²) in [5, 5.41) is 0. The van der Waals surface area contributed by atoms with E-state index in [1.54, 1.807) is 6.07 Å². The number of ether oxygens (including phenoxy) is 1. The van der Waals surface area contributed by atoms with Crippen LogP contribution < -0.4 is 10.5 Å². The van der Waals surface area contributed by atoms with Crippen LogP contribution in [0.15, 0.2) is 18.2 Å². The number of nitrogens with two attached hydrogens (primary N) is 1. The van der Waals surface area contributed by atoms with Crippen molar-refractivity contribution in [1.82, 2.24) is 0 Å². The first kappa shape index (κ1) is 14.0. The van der Waals surface area contributed by atoms with Gasteiger partial charge in [-0.2, -0.15) is 0 Å². The highest BCUT2D eigenvalue weighted by Gasteiger charge is 2.09. The van der Waals surface area contributed by atoms with Crippen LogP contribution in [0.25, 0.3) is 0 Å². The van der Waals surface area contributed by atoms with Crippen molar-refractivity contribution in [2.24, 2.45) is 5.73 Å². The number of hydrogen-bond acceptors (Lipinski definition) is 2. The van der Waals surface area contributed by atoms with Gasteiger partial charge in [-0.25, -0.2) is 4.39 Å². The molecule has 0 aliphatic rings. The second kappa shape index (κ2) is 7.28. The van der Waals surface area contributed by atoms with Gasteiger partial charge in [-0.05, 0) is 43.0 Å². The monoisotopic (exact) mass is 239 g/mol. The number of rotatable bonds is 7. The van der Waals surface area contributed by atoms with E-state index in [1.807, 2.05) is 6.92 Å².